The second kappa shape index (κ2) is 8.11. The Hall–Kier alpha value is -1.13. The zero-order valence-corrected chi connectivity index (χ0v) is 15.2. The van der Waals surface area contributed by atoms with Gasteiger partial charge in [0.1, 0.15) is 0 Å². The van der Waals surface area contributed by atoms with Crippen LogP contribution in [-0.4, -0.2) is 18.5 Å². The van der Waals surface area contributed by atoms with E-state index >= 15 is 0 Å². The predicted octanol–water partition coefficient (Wildman–Crippen LogP) is 0.483. The van der Waals surface area contributed by atoms with Crippen LogP contribution in [0.25, 0.3) is 0 Å². The molecule has 0 fully saturated rings. The molecule has 0 heterocycles. The molecule has 0 bridgehead atoms. The SMILES string of the molecule is Cc1ccc([I+]c2ccccc2C)cc1.O=S(=O)([O-])C(F)(F)F. The van der Waals surface area contributed by atoms with E-state index in [0.29, 0.717) is 0 Å². The molecule has 2 rings (SSSR count). The number of aryl methyl sites for hydroxylation is 2. The van der Waals surface area contributed by atoms with Crippen LogP contribution < -0.4 is 21.2 Å². The fraction of sp³-hybridized carbons (Fsp3) is 0.200. The van der Waals surface area contributed by atoms with Gasteiger partial charge in [-0.1, -0.05) is 35.9 Å². The molecule has 0 amide bonds. The van der Waals surface area contributed by atoms with Crippen LogP contribution in [0.5, 0.6) is 0 Å². The summed E-state index contributed by atoms with van der Waals surface area (Å²) in [4.78, 5) is 0. The Morgan fingerprint density at radius 3 is 1.87 bits per heavy atom. The van der Waals surface area contributed by atoms with Crippen LogP contribution in [0.2, 0.25) is 0 Å². The molecule has 0 radical (unpaired) electrons. The fourth-order valence-corrected chi connectivity index (χ4v) is 3.75. The summed E-state index contributed by atoms with van der Waals surface area (Å²) in [7, 11) is -6.09. The van der Waals surface area contributed by atoms with Crippen molar-refractivity contribution < 1.29 is 47.3 Å². The largest absolute Gasteiger partial charge is 0.741 e. The molecule has 2 aromatic rings. The standard InChI is InChI=1S/C14H14I.CHF3O3S/c1-11-7-9-13(10-8-11)15-14-6-4-3-5-12(14)2;2-1(3,4)8(5,6)7/h3-10H,1-2H3;(H,5,6,7)/q+1;/p-1. The van der Waals surface area contributed by atoms with Crippen LogP contribution in [0, 0.1) is 21.0 Å². The highest BCUT2D eigenvalue weighted by Crippen LogP contribution is 2.20. The summed E-state index contributed by atoms with van der Waals surface area (Å²) in [5, 5.41) is 0. The van der Waals surface area contributed by atoms with Gasteiger partial charge in [0.15, 0.2) is 17.3 Å². The molecule has 0 aliphatic carbocycles. The van der Waals surface area contributed by atoms with Gasteiger partial charge >= 0.3 is 26.7 Å². The van der Waals surface area contributed by atoms with Crippen molar-refractivity contribution >= 4 is 10.1 Å². The van der Waals surface area contributed by atoms with Gasteiger partial charge in [0.25, 0.3) is 0 Å². The highest BCUT2D eigenvalue weighted by atomic mass is 127. The maximum atomic E-state index is 10.7. The van der Waals surface area contributed by atoms with Crippen molar-refractivity contribution in [1.82, 2.24) is 0 Å². The van der Waals surface area contributed by atoms with Crippen LogP contribution >= 0.6 is 0 Å². The topological polar surface area (TPSA) is 57.2 Å². The van der Waals surface area contributed by atoms with E-state index in [-0.39, 0.29) is 21.2 Å². The number of hydrogen-bond donors (Lipinski definition) is 0. The maximum Gasteiger partial charge on any atom is 0.485 e. The number of halogens is 4. The first-order valence-corrected chi connectivity index (χ1v) is 9.86. The first-order valence-electron chi connectivity index (χ1n) is 6.30. The minimum Gasteiger partial charge on any atom is -0.741 e. The Morgan fingerprint density at radius 2 is 1.43 bits per heavy atom. The van der Waals surface area contributed by atoms with Crippen LogP contribution in [-0.2, 0) is 10.1 Å². The van der Waals surface area contributed by atoms with Gasteiger partial charge < -0.3 is 4.55 Å². The molecule has 23 heavy (non-hydrogen) atoms. The highest BCUT2D eigenvalue weighted by Gasteiger charge is 2.36. The first-order chi connectivity index (χ1) is 10.5. The van der Waals surface area contributed by atoms with Crippen LogP contribution in [0.4, 0.5) is 13.2 Å². The van der Waals surface area contributed by atoms with Crippen LogP contribution in [0.1, 0.15) is 11.1 Å². The van der Waals surface area contributed by atoms with E-state index in [1.165, 1.54) is 18.3 Å². The molecular formula is C15H14F3IO3S. The van der Waals surface area contributed by atoms with Gasteiger partial charge in [0, 0.05) is 5.56 Å². The molecule has 3 nitrogen and oxygen atoms in total. The van der Waals surface area contributed by atoms with Crippen molar-refractivity contribution in [3.8, 4) is 0 Å². The van der Waals surface area contributed by atoms with E-state index in [0.717, 1.165) is 0 Å². The van der Waals surface area contributed by atoms with E-state index in [1.807, 2.05) is 0 Å². The van der Waals surface area contributed by atoms with Crippen molar-refractivity contribution in [2.75, 3.05) is 0 Å². The molecule has 0 spiro atoms. The Bertz CT molecular complexity index is 741. The van der Waals surface area contributed by atoms with Crippen LogP contribution in [0.15, 0.2) is 48.5 Å². The lowest BCUT2D eigenvalue weighted by atomic mass is 10.2. The molecule has 0 atom stereocenters. The lowest BCUT2D eigenvalue weighted by Gasteiger charge is -2.08. The molecule has 0 saturated carbocycles. The van der Waals surface area contributed by atoms with Gasteiger partial charge in [-0.05, 0) is 32.0 Å². The van der Waals surface area contributed by atoms with E-state index in [4.69, 9.17) is 13.0 Å². The van der Waals surface area contributed by atoms with Gasteiger partial charge in [-0.2, -0.15) is 13.2 Å². The quantitative estimate of drug-likeness (QED) is 0.374. The molecule has 0 saturated heterocycles. The normalized spacial score (nSPS) is 11.6. The summed E-state index contributed by atoms with van der Waals surface area (Å²) in [5.41, 5.74) is -2.88. The highest BCUT2D eigenvalue weighted by molar-refractivity contribution is 7.86. The average Bonchev–Trinajstić information content (AvgIpc) is 2.42. The Morgan fingerprint density at radius 1 is 0.957 bits per heavy atom. The molecule has 8 heteroatoms. The minimum absolute atomic E-state index is 0.00580. The molecule has 0 N–H and O–H groups in total. The molecular weight excluding hydrogens is 444 g/mol. The third-order valence-electron chi connectivity index (χ3n) is 2.58. The zero-order chi connectivity index (χ0) is 17.7. The molecule has 0 unspecified atom stereocenters. The molecule has 2 aromatic carbocycles. The lowest BCUT2D eigenvalue weighted by Crippen LogP contribution is -3.61. The molecule has 0 aliphatic rings. The number of hydrogen-bond acceptors (Lipinski definition) is 3. The van der Waals surface area contributed by atoms with Crippen molar-refractivity contribution in [2.24, 2.45) is 0 Å². The Labute approximate surface area is 143 Å². The third-order valence-corrected chi connectivity index (χ3v) is 6.28. The minimum atomic E-state index is -6.09. The third kappa shape index (κ3) is 6.88. The van der Waals surface area contributed by atoms with Gasteiger partial charge in [-0.15, -0.1) is 0 Å². The summed E-state index contributed by atoms with van der Waals surface area (Å²) < 4.78 is 61.9. The zero-order valence-electron chi connectivity index (χ0n) is 12.3. The number of rotatable bonds is 2. The summed E-state index contributed by atoms with van der Waals surface area (Å²) in [6, 6.07) is 17.6. The Kier molecular flexibility index (Phi) is 7.02. The number of benzene rings is 2. The summed E-state index contributed by atoms with van der Waals surface area (Å²) >= 11 is -0.00580. The average molecular weight is 458 g/mol. The molecule has 0 aromatic heterocycles. The summed E-state index contributed by atoms with van der Waals surface area (Å²) in [6.45, 7) is 4.33. The molecule has 126 valence electrons. The monoisotopic (exact) mass is 458 g/mol. The molecule has 0 aliphatic heterocycles. The maximum absolute atomic E-state index is 10.7. The second-order valence-corrected chi connectivity index (χ2v) is 8.86. The lowest BCUT2D eigenvalue weighted by molar-refractivity contribution is -0.598. The van der Waals surface area contributed by atoms with Crippen LogP contribution in [0.3, 0.4) is 0 Å². The van der Waals surface area contributed by atoms with E-state index < -0.39 is 15.6 Å². The summed E-state index contributed by atoms with van der Waals surface area (Å²) in [6.07, 6.45) is 0. The predicted molar refractivity (Wildman–Crippen MR) is 75.5 cm³/mol. The second-order valence-electron chi connectivity index (χ2n) is 4.54. The smallest absolute Gasteiger partial charge is 0.485 e. The van der Waals surface area contributed by atoms with Crippen molar-refractivity contribution in [3.05, 3.63) is 66.8 Å². The van der Waals surface area contributed by atoms with Gasteiger partial charge in [-0.25, -0.2) is 8.42 Å². The Balaban J connectivity index is 0.000000284. The van der Waals surface area contributed by atoms with Gasteiger partial charge in [-0.3, -0.25) is 0 Å². The van der Waals surface area contributed by atoms with E-state index in [1.54, 1.807) is 0 Å². The van der Waals surface area contributed by atoms with E-state index in [9.17, 15) is 13.2 Å². The number of alkyl halides is 3. The van der Waals surface area contributed by atoms with E-state index in [2.05, 4.69) is 62.4 Å². The first kappa shape index (κ1) is 19.9. The fourth-order valence-electron chi connectivity index (χ4n) is 1.37. The van der Waals surface area contributed by atoms with Crippen molar-refractivity contribution in [1.29, 1.82) is 0 Å². The summed E-state index contributed by atoms with van der Waals surface area (Å²) in [5.74, 6) is 0. The van der Waals surface area contributed by atoms with Crippen molar-refractivity contribution in [3.63, 3.8) is 0 Å². The van der Waals surface area contributed by atoms with Crippen molar-refractivity contribution in [2.45, 2.75) is 19.4 Å². The van der Waals surface area contributed by atoms with Gasteiger partial charge in [0.05, 0.1) is 0 Å². The van der Waals surface area contributed by atoms with Gasteiger partial charge in [0.2, 0.25) is 0 Å².